The molecule has 1 aromatic heterocycles. The highest BCUT2D eigenvalue weighted by atomic mass is 32.2. The van der Waals surface area contributed by atoms with Crippen molar-refractivity contribution in [1.82, 2.24) is 20.0 Å². The van der Waals surface area contributed by atoms with Crippen molar-refractivity contribution in [3.05, 3.63) is 42.2 Å². The predicted octanol–water partition coefficient (Wildman–Crippen LogP) is 3.85. The van der Waals surface area contributed by atoms with Gasteiger partial charge in [0.05, 0.1) is 0 Å². The normalized spacial score (nSPS) is 23.1. The quantitative estimate of drug-likeness (QED) is 0.471. The van der Waals surface area contributed by atoms with Gasteiger partial charge in [0.25, 0.3) is 15.9 Å². The summed E-state index contributed by atoms with van der Waals surface area (Å²) in [5.41, 5.74) is 3.08. The Labute approximate surface area is 237 Å². The first-order chi connectivity index (χ1) is 19.3. The molecule has 1 unspecified atom stereocenters. The highest BCUT2D eigenvalue weighted by Crippen LogP contribution is 2.34. The van der Waals surface area contributed by atoms with Crippen LogP contribution in [0.5, 0.6) is 0 Å². The Morgan fingerprint density at radius 1 is 0.975 bits per heavy atom. The minimum atomic E-state index is -4.10. The summed E-state index contributed by atoms with van der Waals surface area (Å²) in [5, 5.41) is 3.05. The molecule has 218 valence electrons. The van der Waals surface area contributed by atoms with Crippen LogP contribution in [0.4, 0.5) is 9.18 Å². The first kappa shape index (κ1) is 28.9. The monoisotopic (exact) mass is 594 g/mol. The molecule has 3 aliphatic rings. The maximum atomic E-state index is 13.8. The smallest absolute Gasteiger partial charge is 0.317 e. The number of thiophene rings is 1. The molecule has 0 bridgehead atoms. The summed E-state index contributed by atoms with van der Waals surface area (Å²) in [6, 6.07) is 7.54. The molecule has 3 heterocycles. The molecular weight excluding hydrogens is 559 g/mol. The minimum absolute atomic E-state index is 0.0534. The van der Waals surface area contributed by atoms with Gasteiger partial charge in [-0.05, 0) is 55.5 Å². The van der Waals surface area contributed by atoms with Gasteiger partial charge in [0.1, 0.15) is 16.1 Å². The van der Waals surface area contributed by atoms with Gasteiger partial charge < -0.3 is 15.0 Å². The Kier molecular flexibility index (Phi) is 9.36. The van der Waals surface area contributed by atoms with Gasteiger partial charge in [-0.15, -0.1) is 11.3 Å². The molecule has 5 rings (SSSR count). The molecule has 2 atom stereocenters. The van der Waals surface area contributed by atoms with Gasteiger partial charge in [-0.25, -0.2) is 27.9 Å². The number of urea groups is 1. The Morgan fingerprint density at radius 3 is 2.45 bits per heavy atom. The summed E-state index contributed by atoms with van der Waals surface area (Å²) >= 11 is 1.04. The number of carbonyl (C=O) groups excluding carboxylic acids is 2. The third-order valence-corrected chi connectivity index (χ3v) is 11.1. The predicted molar refractivity (Wildman–Crippen MR) is 147 cm³/mol. The van der Waals surface area contributed by atoms with Crippen LogP contribution in [-0.4, -0.2) is 74.2 Å². The number of hydrogen-bond donors (Lipinski definition) is 2. The van der Waals surface area contributed by atoms with Crippen LogP contribution < -0.4 is 10.8 Å². The van der Waals surface area contributed by atoms with Gasteiger partial charge in [-0.3, -0.25) is 4.79 Å². The van der Waals surface area contributed by atoms with Crippen molar-refractivity contribution >= 4 is 33.3 Å². The Hall–Kier alpha value is -2.58. The van der Waals surface area contributed by atoms with Gasteiger partial charge in [-0.2, -0.15) is 4.31 Å². The van der Waals surface area contributed by atoms with Crippen LogP contribution in [0.3, 0.4) is 0 Å². The molecule has 3 fully saturated rings. The SMILES string of the molecule is O=C(NOC1CCCCO1)[C@H]1CN(C(=O)NC2CCCCC2)CCN1S(=O)(=O)c1ccc(-c2ccc(F)cc2)s1. The van der Waals surface area contributed by atoms with Crippen molar-refractivity contribution < 1.29 is 32.0 Å². The maximum absolute atomic E-state index is 13.8. The molecule has 3 amide bonds. The Morgan fingerprint density at radius 2 is 1.73 bits per heavy atom. The second kappa shape index (κ2) is 12.9. The largest absolute Gasteiger partial charge is 0.350 e. The van der Waals surface area contributed by atoms with Crippen molar-refractivity contribution in [3.63, 3.8) is 0 Å². The molecule has 2 aliphatic heterocycles. The zero-order chi connectivity index (χ0) is 28.1. The number of ether oxygens (including phenoxy) is 1. The van der Waals surface area contributed by atoms with E-state index in [0.717, 1.165) is 60.6 Å². The van der Waals surface area contributed by atoms with E-state index < -0.39 is 28.3 Å². The molecule has 1 aliphatic carbocycles. The number of carbonyl (C=O) groups is 2. The van der Waals surface area contributed by atoms with Crippen LogP contribution in [0, 0.1) is 5.82 Å². The number of hydrogen-bond acceptors (Lipinski definition) is 7. The molecule has 2 saturated heterocycles. The first-order valence-electron chi connectivity index (χ1n) is 13.8. The average Bonchev–Trinajstić information content (AvgIpc) is 3.48. The minimum Gasteiger partial charge on any atom is -0.350 e. The molecule has 13 heteroatoms. The van der Waals surface area contributed by atoms with Gasteiger partial charge in [0.2, 0.25) is 0 Å². The maximum Gasteiger partial charge on any atom is 0.317 e. The molecule has 2 aromatic rings. The number of halogens is 1. The second-order valence-corrected chi connectivity index (χ2v) is 13.6. The van der Waals surface area contributed by atoms with E-state index in [1.165, 1.54) is 23.1 Å². The number of rotatable bonds is 7. The van der Waals surface area contributed by atoms with Crippen molar-refractivity contribution in [2.45, 2.75) is 73.9 Å². The summed E-state index contributed by atoms with van der Waals surface area (Å²) in [7, 11) is -4.10. The lowest BCUT2D eigenvalue weighted by Crippen LogP contribution is -2.63. The summed E-state index contributed by atoms with van der Waals surface area (Å²) in [6.45, 7) is 0.496. The fourth-order valence-corrected chi connectivity index (χ4v) is 8.32. The molecule has 1 saturated carbocycles. The van der Waals surface area contributed by atoms with Gasteiger partial charge in [0.15, 0.2) is 6.29 Å². The van der Waals surface area contributed by atoms with E-state index in [1.807, 2.05) is 0 Å². The van der Waals surface area contributed by atoms with Gasteiger partial charge >= 0.3 is 6.03 Å². The van der Waals surface area contributed by atoms with E-state index in [2.05, 4.69) is 10.8 Å². The van der Waals surface area contributed by atoms with Crippen LogP contribution in [0.25, 0.3) is 10.4 Å². The zero-order valence-electron chi connectivity index (χ0n) is 22.2. The third kappa shape index (κ3) is 6.82. The number of amides is 3. The fourth-order valence-electron chi connectivity index (χ4n) is 5.30. The lowest BCUT2D eigenvalue weighted by Gasteiger charge is -2.40. The van der Waals surface area contributed by atoms with Crippen molar-refractivity contribution in [2.24, 2.45) is 0 Å². The van der Waals surface area contributed by atoms with E-state index in [4.69, 9.17) is 9.57 Å². The van der Waals surface area contributed by atoms with Crippen molar-refractivity contribution in [3.8, 4) is 10.4 Å². The summed E-state index contributed by atoms with van der Waals surface area (Å²) in [6.07, 6.45) is 6.91. The Bertz CT molecular complexity index is 1280. The van der Waals surface area contributed by atoms with E-state index in [-0.39, 0.29) is 41.7 Å². The molecule has 1 aromatic carbocycles. The molecule has 40 heavy (non-hydrogen) atoms. The van der Waals surface area contributed by atoms with Crippen LogP contribution in [0.1, 0.15) is 51.4 Å². The number of benzene rings is 1. The van der Waals surface area contributed by atoms with E-state index in [0.29, 0.717) is 23.5 Å². The summed E-state index contributed by atoms with van der Waals surface area (Å²) < 4.78 is 47.7. The third-order valence-electron chi connectivity index (χ3n) is 7.56. The molecule has 2 N–H and O–H groups in total. The molecule has 0 spiro atoms. The number of hydroxylamine groups is 1. The van der Waals surface area contributed by atoms with Crippen LogP contribution in [-0.2, 0) is 24.4 Å². The van der Waals surface area contributed by atoms with E-state index in [1.54, 1.807) is 18.2 Å². The molecule has 0 radical (unpaired) electrons. The number of piperazine rings is 1. The summed E-state index contributed by atoms with van der Waals surface area (Å²) in [5.74, 6) is -1.04. The highest BCUT2D eigenvalue weighted by Gasteiger charge is 2.42. The van der Waals surface area contributed by atoms with Gasteiger partial charge in [0, 0.05) is 43.6 Å². The van der Waals surface area contributed by atoms with Gasteiger partial charge in [-0.1, -0.05) is 31.4 Å². The van der Waals surface area contributed by atoms with Crippen molar-refractivity contribution in [1.29, 1.82) is 0 Å². The van der Waals surface area contributed by atoms with Crippen LogP contribution in [0.15, 0.2) is 40.6 Å². The van der Waals surface area contributed by atoms with Crippen molar-refractivity contribution in [2.75, 3.05) is 26.2 Å². The van der Waals surface area contributed by atoms with Crippen LogP contribution >= 0.6 is 11.3 Å². The van der Waals surface area contributed by atoms with E-state index in [9.17, 15) is 22.4 Å². The standard InChI is InChI=1S/C27H35FN4O6S2/c28-20-11-9-19(10-12-20)23-13-14-25(39-23)40(35,36)32-16-15-31(27(34)29-21-6-2-1-3-7-21)18-22(32)26(33)30-38-24-8-4-5-17-37-24/h9-14,21-22,24H,1-8,15-18H2,(H,29,34)(H,30,33)/t22-,24?/m1/s1. The summed E-state index contributed by atoms with van der Waals surface area (Å²) in [4.78, 5) is 34.1. The second-order valence-electron chi connectivity index (χ2n) is 10.4. The number of nitrogens with one attached hydrogen (secondary N) is 2. The molecule has 10 nitrogen and oxygen atoms in total. The fraction of sp³-hybridized carbons (Fsp3) is 0.556. The zero-order valence-corrected chi connectivity index (χ0v) is 23.9. The number of nitrogens with zero attached hydrogens (tertiary/aromatic N) is 2. The molecular formula is C27H35FN4O6S2. The average molecular weight is 595 g/mol. The first-order valence-corrected chi connectivity index (χ1v) is 16.1. The number of sulfonamides is 1. The lowest BCUT2D eigenvalue weighted by atomic mass is 9.96. The van der Waals surface area contributed by atoms with E-state index >= 15 is 0 Å². The van der Waals surface area contributed by atoms with Crippen LogP contribution in [0.2, 0.25) is 0 Å². The topological polar surface area (TPSA) is 117 Å². The Balaban J connectivity index is 1.33. The highest BCUT2D eigenvalue weighted by molar-refractivity contribution is 7.91. The lowest BCUT2D eigenvalue weighted by molar-refractivity contribution is -0.202.